The van der Waals surface area contributed by atoms with Gasteiger partial charge < -0.3 is 14.8 Å². The number of nitrogens with one attached hydrogen (secondary N) is 1. The Balaban J connectivity index is 4.23. The van der Waals surface area contributed by atoms with E-state index in [0.717, 1.165) is 39.3 Å². The molecule has 0 aromatic rings. The maximum Gasteiger partial charge on any atom is 0.0615 e. The highest BCUT2D eigenvalue weighted by Gasteiger charge is 2.17. The first kappa shape index (κ1) is 16.8. The third kappa shape index (κ3) is 7.71. The molecule has 0 aromatic carbocycles. The Hall–Kier alpha value is -0.160. The van der Waals surface area contributed by atoms with Gasteiger partial charge in [0.15, 0.2) is 0 Å². The van der Waals surface area contributed by atoms with Crippen LogP contribution in [0.5, 0.6) is 0 Å². The number of ether oxygens (including phenoxy) is 2. The van der Waals surface area contributed by atoms with Crippen LogP contribution in [0.2, 0.25) is 0 Å². The lowest BCUT2D eigenvalue weighted by molar-refractivity contribution is 0.0686. The SMILES string of the molecule is CCNC(CC)CN(CCOC)C(C)COC. The highest BCUT2D eigenvalue weighted by atomic mass is 16.5. The predicted octanol–water partition coefficient (Wildman–Crippen LogP) is 1.36. The Kier molecular flexibility index (Phi) is 10.9. The molecule has 2 unspecified atom stereocenters. The van der Waals surface area contributed by atoms with E-state index in [1.807, 2.05) is 0 Å². The maximum absolute atomic E-state index is 5.24. The molecule has 0 amide bonds. The van der Waals surface area contributed by atoms with Gasteiger partial charge in [0.1, 0.15) is 0 Å². The lowest BCUT2D eigenvalue weighted by atomic mass is 10.1. The zero-order valence-electron chi connectivity index (χ0n) is 12.2. The normalized spacial score (nSPS) is 15.2. The molecule has 0 saturated heterocycles. The summed E-state index contributed by atoms with van der Waals surface area (Å²) >= 11 is 0. The summed E-state index contributed by atoms with van der Waals surface area (Å²) < 4.78 is 10.4. The summed E-state index contributed by atoms with van der Waals surface area (Å²) in [5.41, 5.74) is 0. The van der Waals surface area contributed by atoms with Crippen molar-refractivity contribution in [2.75, 3.05) is 47.1 Å². The van der Waals surface area contributed by atoms with E-state index in [0.29, 0.717) is 12.1 Å². The van der Waals surface area contributed by atoms with Gasteiger partial charge >= 0.3 is 0 Å². The van der Waals surface area contributed by atoms with Crippen LogP contribution in [-0.2, 0) is 9.47 Å². The van der Waals surface area contributed by atoms with Crippen molar-refractivity contribution in [3.63, 3.8) is 0 Å². The highest BCUT2D eigenvalue weighted by molar-refractivity contribution is 4.74. The van der Waals surface area contributed by atoms with Crippen LogP contribution in [0.4, 0.5) is 0 Å². The third-order valence-corrected chi connectivity index (χ3v) is 3.05. The second-order valence-corrected chi connectivity index (χ2v) is 4.45. The molecule has 1 N–H and O–H groups in total. The van der Waals surface area contributed by atoms with Crippen molar-refractivity contribution < 1.29 is 9.47 Å². The molecule has 0 spiro atoms. The van der Waals surface area contributed by atoms with Crippen molar-refractivity contribution in [2.24, 2.45) is 0 Å². The molecular weight excluding hydrogens is 216 g/mol. The first-order chi connectivity index (χ1) is 8.19. The zero-order chi connectivity index (χ0) is 13.1. The smallest absolute Gasteiger partial charge is 0.0615 e. The number of nitrogens with zero attached hydrogens (tertiary/aromatic N) is 1. The Morgan fingerprint density at radius 3 is 2.35 bits per heavy atom. The lowest BCUT2D eigenvalue weighted by Crippen LogP contribution is -2.47. The van der Waals surface area contributed by atoms with E-state index in [1.165, 1.54) is 0 Å². The molecule has 4 heteroatoms. The number of rotatable bonds is 11. The van der Waals surface area contributed by atoms with E-state index in [1.54, 1.807) is 14.2 Å². The monoisotopic (exact) mass is 246 g/mol. The topological polar surface area (TPSA) is 33.7 Å². The highest BCUT2D eigenvalue weighted by Crippen LogP contribution is 2.03. The molecule has 0 heterocycles. The standard InChI is InChI=1S/C13H30N2O2/c1-6-13(14-7-2)10-15(8-9-16-4)12(3)11-17-5/h12-14H,6-11H2,1-5H3. The molecule has 0 saturated carbocycles. The summed E-state index contributed by atoms with van der Waals surface area (Å²) in [4.78, 5) is 2.43. The largest absolute Gasteiger partial charge is 0.383 e. The van der Waals surface area contributed by atoms with Crippen LogP contribution >= 0.6 is 0 Å². The molecule has 0 aromatic heterocycles. The minimum absolute atomic E-state index is 0.433. The molecule has 0 radical (unpaired) electrons. The van der Waals surface area contributed by atoms with Gasteiger partial charge in [-0.25, -0.2) is 0 Å². The van der Waals surface area contributed by atoms with Gasteiger partial charge in [0.25, 0.3) is 0 Å². The molecule has 104 valence electrons. The first-order valence-electron chi connectivity index (χ1n) is 6.64. The average Bonchev–Trinajstić information content (AvgIpc) is 2.33. The van der Waals surface area contributed by atoms with E-state index in [-0.39, 0.29) is 0 Å². The van der Waals surface area contributed by atoms with E-state index in [4.69, 9.17) is 9.47 Å². The molecule has 0 aliphatic carbocycles. The molecule has 4 nitrogen and oxygen atoms in total. The maximum atomic E-state index is 5.24. The van der Waals surface area contributed by atoms with Crippen LogP contribution in [0.25, 0.3) is 0 Å². The second-order valence-electron chi connectivity index (χ2n) is 4.45. The van der Waals surface area contributed by atoms with Gasteiger partial charge in [-0.2, -0.15) is 0 Å². The molecule has 17 heavy (non-hydrogen) atoms. The van der Waals surface area contributed by atoms with Crippen molar-refractivity contribution in [3.05, 3.63) is 0 Å². The van der Waals surface area contributed by atoms with Gasteiger partial charge in [0.2, 0.25) is 0 Å². The molecule has 0 aliphatic heterocycles. The van der Waals surface area contributed by atoms with Gasteiger partial charge in [-0.05, 0) is 19.9 Å². The fourth-order valence-electron chi connectivity index (χ4n) is 1.96. The van der Waals surface area contributed by atoms with Gasteiger partial charge in [-0.3, -0.25) is 4.90 Å². The number of hydrogen-bond donors (Lipinski definition) is 1. The molecule has 0 aliphatic rings. The fourth-order valence-corrected chi connectivity index (χ4v) is 1.96. The zero-order valence-corrected chi connectivity index (χ0v) is 12.2. The number of methoxy groups -OCH3 is 2. The molecule has 0 fully saturated rings. The summed E-state index contributed by atoms with van der Waals surface area (Å²) in [6.45, 7) is 11.2. The van der Waals surface area contributed by atoms with Crippen LogP contribution < -0.4 is 5.32 Å². The minimum atomic E-state index is 0.433. The number of likely N-dealkylation sites (N-methyl/N-ethyl adjacent to an activating group) is 1. The van der Waals surface area contributed by atoms with Crippen LogP contribution in [-0.4, -0.2) is 64.1 Å². The van der Waals surface area contributed by atoms with Gasteiger partial charge in [0.05, 0.1) is 13.2 Å². The van der Waals surface area contributed by atoms with E-state index >= 15 is 0 Å². The molecular formula is C13H30N2O2. The first-order valence-corrected chi connectivity index (χ1v) is 6.64. The Morgan fingerprint density at radius 1 is 1.18 bits per heavy atom. The van der Waals surface area contributed by atoms with Crippen molar-refractivity contribution in [2.45, 2.75) is 39.3 Å². The van der Waals surface area contributed by atoms with Gasteiger partial charge in [0, 0.05) is 39.4 Å². The summed E-state index contributed by atoms with van der Waals surface area (Å²) in [5.74, 6) is 0. The summed E-state index contributed by atoms with van der Waals surface area (Å²) in [7, 11) is 3.51. The molecule has 2 atom stereocenters. The summed E-state index contributed by atoms with van der Waals surface area (Å²) in [6, 6.07) is 0.985. The van der Waals surface area contributed by atoms with Crippen molar-refractivity contribution in [3.8, 4) is 0 Å². The van der Waals surface area contributed by atoms with Gasteiger partial charge in [-0.15, -0.1) is 0 Å². The van der Waals surface area contributed by atoms with E-state index in [9.17, 15) is 0 Å². The quantitative estimate of drug-likeness (QED) is 0.597. The molecule has 0 rings (SSSR count). The van der Waals surface area contributed by atoms with E-state index < -0.39 is 0 Å². The Bertz CT molecular complexity index is 167. The third-order valence-electron chi connectivity index (χ3n) is 3.05. The van der Waals surface area contributed by atoms with Crippen LogP contribution in [0.3, 0.4) is 0 Å². The van der Waals surface area contributed by atoms with Crippen LogP contribution in [0.15, 0.2) is 0 Å². The lowest BCUT2D eigenvalue weighted by Gasteiger charge is -2.32. The van der Waals surface area contributed by atoms with Crippen molar-refractivity contribution >= 4 is 0 Å². The van der Waals surface area contributed by atoms with Crippen molar-refractivity contribution in [1.82, 2.24) is 10.2 Å². The van der Waals surface area contributed by atoms with Gasteiger partial charge in [-0.1, -0.05) is 13.8 Å². The Morgan fingerprint density at radius 2 is 1.88 bits per heavy atom. The van der Waals surface area contributed by atoms with E-state index in [2.05, 4.69) is 31.0 Å². The van der Waals surface area contributed by atoms with Crippen molar-refractivity contribution in [1.29, 1.82) is 0 Å². The number of hydrogen-bond acceptors (Lipinski definition) is 4. The average molecular weight is 246 g/mol. The Labute approximate surface area is 107 Å². The van der Waals surface area contributed by atoms with Crippen LogP contribution in [0, 0.1) is 0 Å². The molecule has 0 bridgehead atoms. The fraction of sp³-hybridized carbons (Fsp3) is 1.00. The predicted molar refractivity (Wildman–Crippen MR) is 72.5 cm³/mol. The van der Waals surface area contributed by atoms with Crippen LogP contribution in [0.1, 0.15) is 27.2 Å². The minimum Gasteiger partial charge on any atom is -0.383 e. The summed E-state index contributed by atoms with van der Waals surface area (Å²) in [6.07, 6.45) is 1.15. The summed E-state index contributed by atoms with van der Waals surface area (Å²) in [5, 5.41) is 3.51. The second kappa shape index (κ2) is 11.0.